The average Bonchev–Trinajstić information content (AvgIpc) is 2.34. The van der Waals surface area contributed by atoms with E-state index in [0.29, 0.717) is 6.42 Å². The molecular weight excluding hydrogens is 212 g/mol. The lowest BCUT2D eigenvalue weighted by Crippen LogP contribution is -2.21. The van der Waals surface area contributed by atoms with Crippen LogP contribution < -0.4 is 0 Å². The Morgan fingerprint density at radius 1 is 1.47 bits per heavy atom. The monoisotopic (exact) mass is 230 g/mol. The van der Waals surface area contributed by atoms with E-state index in [1.807, 2.05) is 42.3 Å². The maximum absolute atomic E-state index is 9.27. The van der Waals surface area contributed by atoms with Crippen molar-refractivity contribution in [2.45, 2.75) is 19.4 Å². The molecule has 90 valence electrons. The van der Waals surface area contributed by atoms with Crippen LogP contribution in [0.15, 0.2) is 36.4 Å². The van der Waals surface area contributed by atoms with Crippen LogP contribution in [0.4, 0.5) is 0 Å². The highest BCUT2D eigenvalue weighted by atomic mass is 16.3. The van der Waals surface area contributed by atoms with Crippen molar-refractivity contribution in [2.24, 2.45) is 0 Å². The predicted molar refractivity (Wildman–Crippen MR) is 69.0 cm³/mol. The van der Waals surface area contributed by atoms with Gasteiger partial charge in [-0.3, -0.25) is 0 Å². The lowest BCUT2D eigenvalue weighted by molar-refractivity contribution is 0.175. The number of aliphatic hydroxyl groups excluding tert-OH is 1. The molecule has 0 aromatic heterocycles. The molecule has 0 bridgehead atoms. The summed E-state index contributed by atoms with van der Waals surface area (Å²) in [5.74, 6) is 0. The quantitative estimate of drug-likeness (QED) is 0.789. The Morgan fingerprint density at radius 3 is 2.65 bits per heavy atom. The van der Waals surface area contributed by atoms with Gasteiger partial charge in [-0.15, -0.1) is 0 Å². The van der Waals surface area contributed by atoms with Gasteiger partial charge in [-0.2, -0.15) is 5.26 Å². The number of rotatable bonds is 5. The Balaban J connectivity index is 2.81. The summed E-state index contributed by atoms with van der Waals surface area (Å²) in [6, 6.07) is 11.9. The molecule has 0 saturated carbocycles. The van der Waals surface area contributed by atoms with E-state index < -0.39 is 0 Å². The van der Waals surface area contributed by atoms with Crippen molar-refractivity contribution in [3.8, 4) is 6.07 Å². The molecule has 17 heavy (non-hydrogen) atoms. The van der Waals surface area contributed by atoms with Crippen LogP contribution in [0.1, 0.15) is 18.9 Å². The van der Waals surface area contributed by atoms with Crippen molar-refractivity contribution in [3.05, 3.63) is 42.0 Å². The number of hydrogen-bond acceptors (Lipinski definition) is 3. The van der Waals surface area contributed by atoms with E-state index in [4.69, 9.17) is 5.26 Å². The van der Waals surface area contributed by atoms with E-state index in [2.05, 4.69) is 6.07 Å². The Hall–Kier alpha value is -1.79. The van der Waals surface area contributed by atoms with E-state index >= 15 is 0 Å². The molecular formula is C14H18N2O. The maximum Gasteiger partial charge on any atom is 0.0933 e. The zero-order valence-electron chi connectivity index (χ0n) is 10.3. The molecule has 0 aliphatic carbocycles. The summed E-state index contributed by atoms with van der Waals surface area (Å²) in [4.78, 5) is 1.99. The van der Waals surface area contributed by atoms with Gasteiger partial charge in [-0.25, -0.2) is 0 Å². The van der Waals surface area contributed by atoms with E-state index in [9.17, 15) is 5.11 Å². The summed E-state index contributed by atoms with van der Waals surface area (Å²) in [6.45, 7) is 2.49. The molecule has 3 heteroatoms. The molecule has 0 spiro atoms. The van der Waals surface area contributed by atoms with Crippen LogP contribution in [0.25, 0.3) is 5.70 Å². The van der Waals surface area contributed by atoms with Gasteiger partial charge in [0.05, 0.1) is 17.9 Å². The average molecular weight is 230 g/mol. The summed E-state index contributed by atoms with van der Waals surface area (Å²) in [7, 11) is 1.93. The lowest BCUT2D eigenvalue weighted by Gasteiger charge is -2.22. The second kappa shape index (κ2) is 6.72. The number of nitriles is 1. The minimum Gasteiger partial charge on any atom is -0.393 e. The molecule has 0 heterocycles. The van der Waals surface area contributed by atoms with E-state index in [1.54, 1.807) is 6.92 Å². The first-order valence-corrected chi connectivity index (χ1v) is 5.69. The SMILES string of the molecule is CC(O)CCN(C)/C(=C/C#N)c1ccccc1. The summed E-state index contributed by atoms with van der Waals surface area (Å²) in [5.41, 5.74) is 1.90. The third-order valence-electron chi connectivity index (χ3n) is 2.56. The molecule has 0 radical (unpaired) electrons. The standard InChI is InChI=1S/C14H18N2O/c1-12(17)9-11-16(2)14(8-10-15)13-6-4-3-5-7-13/h3-8,12,17H,9,11H2,1-2H3/b14-8+. The van der Waals surface area contributed by atoms with Gasteiger partial charge in [0.1, 0.15) is 0 Å². The van der Waals surface area contributed by atoms with E-state index in [-0.39, 0.29) is 6.10 Å². The number of allylic oxidation sites excluding steroid dienone is 1. The highest BCUT2D eigenvalue weighted by molar-refractivity contribution is 5.65. The van der Waals surface area contributed by atoms with Gasteiger partial charge in [0.15, 0.2) is 0 Å². The fourth-order valence-electron chi connectivity index (χ4n) is 1.58. The molecule has 0 amide bonds. The maximum atomic E-state index is 9.27. The van der Waals surface area contributed by atoms with Gasteiger partial charge in [-0.05, 0) is 18.9 Å². The van der Waals surface area contributed by atoms with Gasteiger partial charge in [0.25, 0.3) is 0 Å². The number of nitrogens with zero attached hydrogens (tertiary/aromatic N) is 2. The van der Waals surface area contributed by atoms with Gasteiger partial charge in [-0.1, -0.05) is 30.3 Å². The third-order valence-corrected chi connectivity index (χ3v) is 2.56. The highest BCUT2D eigenvalue weighted by Gasteiger charge is 2.08. The van der Waals surface area contributed by atoms with Crippen molar-refractivity contribution < 1.29 is 5.11 Å². The van der Waals surface area contributed by atoms with Crippen molar-refractivity contribution in [1.29, 1.82) is 5.26 Å². The summed E-state index contributed by atoms with van der Waals surface area (Å²) in [5, 5.41) is 18.1. The summed E-state index contributed by atoms with van der Waals surface area (Å²) < 4.78 is 0. The topological polar surface area (TPSA) is 47.3 Å². The molecule has 1 aromatic carbocycles. The van der Waals surface area contributed by atoms with Crippen LogP contribution in [0.3, 0.4) is 0 Å². The molecule has 1 unspecified atom stereocenters. The van der Waals surface area contributed by atoms with Crippen molar-refractivity contribution in [3.63, 3.8) is 0 Å². The molecule has 1 N–H and O–H groups in total. The van der Waals surface area contributed by atoms with Gasteiger partial charge >= 0.3 is 0 Å². The van der Waals surface area contributed by atoms with Crippen LogP contribution in [0.5, 0.6) is 0 Å². The fourth-order valence-corrected chi connectivity index (χ4v) is 1.58. The van der Waals surface area contributed by atoms with Crippen molar-refractivity contribution in [2.75, 3.05) is 13.6 Å². The molecule has 0 aliphatic heterocycles. The van der Waals surface area contributed by atoms with Crippen LogP contribution in [-0.2, 0) is 0 Å². The Bertz CT molecular complexity index is 404. The van der Waals surface area contributed by atoms with Gasteiger partial charge in [0.2, 0.25) is 0 Å². The number of hydrogen-bond donors (Lipinski definition) is 1. The Morgan fingerprint density at radius 2 is 2.12 bits per heavy atom. The largest absolute Gasteiger partial charge is 0.393 e. The smallest absolute Gasteiger partial charge is 0.0933 e. The molecule has 0 aliphatic rings. The lowest BCUT2D eigenvalue weighted by atomic mass is 10.1. The van der Waals surface area contributed by atoms with E-state index in [1.165, 1.54) is 6.08 Å². The van der Waals surface area contributed by atoms with Crippen LogP contribution in [0.2, 0.25) is 0 Å². The first-order chi connectivity index (χ1) is 8.15. The number of aliphatic hydroxyl groups is 1. The Labute approximate surface area is 103 Å². The minimum atomic E-state index is -0.323. The van der Waals surface area contributed by atoms with Gasteiger partial charge in [0, 0.05) is 19.7 Å². The normalized spacial score (nSPS) is 12.9. The van der Waals surface area contributed by atoms with Crippen LogP contribution in [-0.4, -0.2) is 29.7 Å². The minimum absolute atomic E-state index is 0.323. The molecule has 0 saturated heterocycles. The van der Waals surface area contributed by atoms with Gasteiger partial charge < -0.3 is 10.0 Å². The molecule has 1 atom stereocenters. The van der Waals surface area contributed by atoms with Crippen LogP contribution >= 0.6 is 0 Å². The zero-order valence-corrected chi connectivity index (χ0v) is 10.3. The van der Waals surface area contributed by atoms with Crippen molar-refractivity contribution >= 4 is 5.70 Å². The Kier molecular flexibility index (Phi) is 5.25. The molecule has 1 aromatic rings. The fraction of sp³-hybridized carbons (Fsp3) is 0.357. The zero-order chi connectivity index (χ0) is 12.7. The first-order valence-electron chi connectivity index (χ1n) is 5.69. The molecule has 0 fully saturated rings. The molecule has 3 nitrogen and oxygen atoms in total. The summed E-state index contributed by atoms with van der Waals surface area (Å²) in [6.07, 6.45) is 1.90. The van der Waals surface area contributed by atoms with Crippen LogP contribution in [0, 0.1) is 11.3 Å². The third kappa shape index (κ3) is 4.29. The summed E-state index contributed by atoms with van der Waals surface area (Å²) >= 11 is 0. The van der Waals surface area contributed by atoms with E-state index in [0.717, 1.165) is 17.8 Å². The highest BCUT2D eigenvalue weighted by Crippen LogP contribution is 2.17. The first kappa shape index (κ1) is 13.3. The second-order valence-corrected chi connectivity index (χ2v) is 4.08. The second-order valence-electron chi connectivity index (χ2n) is 4.08. The van der Waals surface area contributed by atoms with Crippen molar-refractivity contribution in [1.82, 2.24) is 4.90 Å². The predicted octanol–water partition coefficient (Wildman–Crippen LogP) is 2.25. The number of benzene rings is 1. The molecule has 1 rings (SSSR count).